The zero-order valence-corrected chi connectivity index (χ0v) is 18.0. The van der Waals surface area contributed by atoms with Crippen LogP contribution in [0.25, 0.3) is 0 Å². The first-order valence-corrected chi connectivity index (χ1v) is 11.9. The number of carbonyl (C=O) groups excluding carboxylic acids is 1. The number of hydrogen-bond donors (Lipinski definition) is 1. The van der Waals surface area contributed by atoms with E-state index in [0.29, 0.717) is 30.0 Å². The Morgan fingerprint density at radius 1 is 1.07 bits per heavy atom. The summed E-state index contributed by atoms with van der Waals surface area (Å²) < 4.78 is 33.5. The first-order valence-electron chi connectivity index (χ1n) is 10.5. The van der Waals surface area contributed by atoms with E-state index in [1.807, 2.05) is 4.90 Å². The molecule has 0 spiro atoms. The number of aromatic amines is 1. The maximum atomic E-state index is 13.4. The van der Waals surface area contributed by atoms with Gasteiger partial charge in [0.25, 0.3) is 5.91 Å². The van der Waals surface area contributed by atoms with E-state index in [1.54, 1.807) is 37.6 Å². The van der Waals surface area contributed by atoms with Gasteiger partial charge < -0.3 is 9.64 Å². The molecule has 9 heteroatoms. The maximum absolute atomic E-state index is 13.4. The third-order valence-corrected chi connectivity index (χ3v) is 7.92. The van der Waals surface area contributed by atoms with Crippen LogP contribution in [-0.2, 0) is 10.0 Å². The monoisotopic (exact) mass is 432 g/mol. The number of nitrogens with one attached hydrogen (secondary N) is 1. The van der Waals surface area contributed by atoms with Crippen LogP contribution in [0.1, 0.15) is 60.6 Å². The van der Waals surface area contributed by atoms with Gasteiger partial charge in [0.15, 0.2) is 0 Å². The molecule has 30 heavy (non-hydrogen) atoms. The third-order valence-electron chi connectivity index (χ3n) is 6.00. The Balaban J connectivity index is 1.64. The minimum atomic E-state index is -3.72. The molecule has 2 fully saturated rings. The normalized spacial score (nSPS) is 20.8. The van der Waals surface area contributed by atoms with E-state index in [2.05, 4.69) is 10.2 Å². The molecule has 1 atom stereocenters. The lowest BCUT2D eigenvalue weighted by Crippen LogP contribution is -2.40. The molecule has 2 aromatic rings. The number of ether oxygens (including phenoxy) is 1. The van der Waals surface area contributed by atoms with Crippen LogP contribution in [-0.4, -0.2) is 60.5 Å². The lowest BCUT2D eigenvalue weighted by molar-refractivity contribution is 0.0720. The molecule has 1 amide bonds. The van der Waals surface area contributed by atoms with E-state index in [9.17, 15) is 13.2 Å². The highest BCUT2D eigenvalue weighted by molar-refractivity contribution is 7.89. The van der Waals surface area contributed by atoms with Gasteiger partial charge in [0.05, 0.1) is 35.5 Å². The molecule has 3 heterocycles. The highest BCUT2D eigenvalue weighted by atomic mass is 32.2. The van der Waals surface area contributed by atoms with Gasteiger partial charge >= 0.3 is 0 Å². The minimum Gasteiger partial charge on any atom is -0.497 e. The molecule has 1 aromatic heterocycles. The summed E-state index contributed by atoms with van der Waals surface area (Å²) >= 11 is 0. The summed E-state index contributed by atoms with van der Waals surface area (Å²) in [7, 11) is -2.18. The number of rotatable bonds is 5. The van der Waals surface area contributed by atoms with Crippen LogP contribution in [0.2, 0.25) is 0 Å². The van der Waals surface area contributed by atoms with Crippen LogP contribution in [0.4, 0.5) is 0 Å². The third kappa shape index (κ3) is 3.96. The number of sulfonamides is 1. The summed E-state index contributed by atoms with van der Waals surface area (Å²) in [5, 5.41) is 7.06. The number of aromatic nitrogens is 2. The molecule has 1 aromatic carbocycles. The van der Waals surface area contributed by atoms with Gasteiger partial charge in [-0.3, -0.25) is 9.89 Å². The van der Waals surface area contributed by atoms with Crippen LogP contribution < -0.4 is 4.74 Å². The summed E-state index contributed by atoms with van der Waals surface area (Å²) in [5.74, 6) is 0.540. The fraction of sp³-hybridized carbons (Fsp3) is 0.524. The Hall–Kier alpha value is -2.39. The van der Waals surface area contributed by atoms with Crippen molar-refractivity contribution in [1.29, 1.82) is 0 Å². The van der Waals surface area contributed by atoms with Gasteiger partial charge in [-0.25, -0.2) is 8.42 Å². The number of nitrogens with zero attached hydrogens (tertiary/aromatic N) is 3. The minimum absolute atomic E-state index is 0.0641. The van der Waals surface area contributed by atoms with Crippen molar-refractivity contribution in [2.45, 2.75) is 49.5 Å². The van der Waals surface area contributed by atoms with Crippen molar-refractivity contribution in [3.8, 4) is 5.75 Å². The molecule has 4 rings (SSSR count). The zero-order chi connectivity index (χ0) is 21.1. The summed E-state index contributed by atoms with van der Waals surface area (Å²) in [6.45, 7) is 1.89. The number of H-pyrrole nitrogens is 1. The first-order chi connectivity index (χ1) is 14.5. The maximum Gasteiger partial charge on any atom is 0.257 e. The van der Waals surface area contributed by atoms with Gasteiger partial charge in [0.1, 0.15) is 5.75 Å². The summed E-state index contributed by atoms with van der Waals surface area (Å²) in [5.41, 5.74) is 1.08. The summed E-state index contributed by atoms with van der Waals surface area (Å²) in [6.07, 6.45) is 7.02. The van der Waals surface area contributed by atoms with Crippen LogP contribution in [0.15, 0.2) is 35.4 Å². The van der Waals surface area contributed by atoms with Crippen molar-refractivity contribution in [3.05, 3.63) is 41.7 Å². The summed E-state index contributed by atoms with van der Waals surface area (Å²) in [4.78, 5) is 15.2. The van der Waals surface area contributed by atoms with Crippen molar-refractivity contribution in [2.24, 2.45) is 0 Å². The van der Waals surface area contributed by atoms with Crippen molar-refractivity contribution in [2.75, 3.05) is 26.7 Å². The topological polar surface area (TPSA) is 95.6 Å². The number of piperidine rings is 2. The van der Waals surface area contributed by atoms with Crippen molar-refractivity contribution in [3.63, 3.8) is 0 Å². The zero-order valence-electron chi connectivity index (χ0n) is 17.2. The standard InChI is InChI=1S/C21H28N4O4S/c1-29-16-8-10-17(11-9-16)30(27,28)25-14-6-3-7-19(25)20-18(15-22-23-20)21(26)24-12-4-2-5-13-24/h8-11,15,19H,2-7,12-14H2,1H3,(H,22,23)/t19-/m0/s1. The van der Waals surface area contributed by atoms with E-state index >= 15 is 0 Å². The van der Waals surface area contributed by atoms with Gasteiger partial charge in [-0.2, -0.15) is 9.40 Å². The molecule has 2 aliphatic rings. The molecule has 0 radical (unpaired) electrons. The second-order valence-corrected chi connectivity index (χ2v) is 9.74. The second-order valence-electron chi connectivity index (χ2n) is 7.85. The quantitative estimate of drug-likeness (QED) is 0.784. The lowest BCUT2D eigenvalue weighted by Gasteiger charge is -2.35. The molecular formula is C21H28N4O4S. The highest BCUT2D eigenvalue weighted by Crippen LogP contribution is 2.36. The van der Waals surface area contributed by atoms with Gasteiger partial charge in [-0.15, -0.1) is 0 Å². The van der Waals surface area contributed by atoms with Gasteiger partial charge in [0, 0.05) is 19.6 Å². The number of amides is 1. The smallest absolute Gasteiger partial charge is 0.257 e. The van der Waals surface area contributed by atoms with E-state index < -0.39 is 16.1 Å². The molecule has 1 N–H and O–H groups in total. The van der Waals surface area contributed by atoms with Crippen LogP contribution in [0, 0.1) is 0 Å². The Labute approximate surface area is 177 Å². The van der Waals surface area contributed by atoms with E-state index in [1.165, 1.54) is 4.31 Å². The molecule has 162 valence electrons. The Morgan fingerprint density at radius 2 is 1.77 bits per heavy atom. The molecule has 8 nitrogen and oxygen atoms in total. The van der Waals surface area contributed by atoms with Crippen LogP contribution >= 0.6 is 0 Å². The van der Waals surface area contributed by atoms with E-state index in [4.69, 9.17) is 4.74 Å². The SMILES string of the molecule is COc1ccc(S(=O)(=O)N2CCCC[C@H]2c2[nH]ncc2C(=O)N2CCCCC2)cc1. The molecule has 0 bridgehead atoms. The Kier molecular flexibility index (Phi) is 6.10. The van der Waals surface area contributed by atoms with Gasteiger partial charge in [0.2, 0.25) is 10.0 Å². The number of carbonyl (C=O) groups is 1. The lowest BCUT2D eigenvalue weighted by atomic mass is 9.98. The number of hydrogen-bond acceptors (Lipinski definition) is 5. The molecule has 2 aliphatic heterocycles. The number of likely N-dealkylation sites (tertiary alicyclic amines) is 1. The second kappa shape index (κ2) is 8.77. The average molecular weight is 433 g/mol. The number of benzene rings is 1. The molecule has 0 aliphatic carbocycles. The van der Waals surface area contributed by atoms with Crippen LogP contribution in [0.5, 0.6) is 5.75 Å². The summed E-state index contributed by atoms with van der Waals surface area (Å²) in [6, 6.07) is 5.98. The van der Waals surface area contributed by atoms with Gasteiger partial charge in [-0.1, -0.05) is 6.42 Å². The predicted octanol–water partition coefficient (Wildman–Crippen LogP) is 2.96. The Bertz CT molecular complexity index is 981. The highest BCUT2D eigenvalue weighted by Gasteiger charge is 2.37. The molecule has 2 saturated heterocycles. The van der Waals surface area contributed by atoms with E-state index in [0.717, 1.165) is 45.2 Å². The van der Waals surface area contributed by atoms with Crippen LogP contribution in [0.3, 0.4) is 0 Å². The fourth-order valence-corrected chi connectivity index (χ4v) is 6.02. The Morgan fingerprint density at radius 3 is 2.47 bits per heavy atom. The van der Waals surface area contributed by atoms with E-state index in [-0.39, 0.29) is 10.8 Å². The van der Waals surface area contributed by atoms with Crippen molar-refractivity contribution >= 4 is 15.9 Å². The predicted molar refractivity (Wildman–Crippen MR) is 112 cm³/mol. The van der Waals surface area contributed by atoms with Crippen molar-refractivity contribution < 1.29 is 17.9 Å². The largest absolute Gasteiger partial charge is 0.497 e. The first kappa shape index (κ1) is 20.9. The van der Waals surface area contributed by atoms with Gasteiger partial charge in [-0.05, 0) is 56.4 Å². The fourth-order valence-electron chi connectivity index (χ4n) is 4.35. The average Bonchev–Trinajstić information content (AvgIpc) is 3.29. The molecular weight excluding hydrogens is 404 g/mol. The molecule has 0 saturated carbocycles. The number of methoxy groups -OCH3 is 1. The van der Waals surface area contributed by atoms with Crippen molar-refractivity contribution in [1.82, 2.24) is 19.4 Å². The molecule has 0 unspecified atom stereocenters.